The highest BCUT2D eigenvalue weighted by atomic mass is 16.2. The number of hydrogen-bond donors (Lipinski definition) is 1. The molecule has 23 heavy (non-hydrogen) atoms. The van der Waals surface area contributed by atoms with Crippen molar-refractivity contribution < 1.29 is 9.59 Å². The lowest BCUT2D eigenvalue weighted by atomic mass is 10.3. The fraction of sp³-hybridized carbons (Fsp3) is 0.467. The van der Waals surface area contributed by atoms with E-state index in [0.717, 1.165) is 11.4 Å². The molecule has 0 saturated heterocycles. The summed E-state index contributed by atoms with van der Waals surface area (Å²) in [5.41, 5.74) is 2.56. The zero-order valence-electron chi connectivity index (χ0n) is 14.1. The van der Waals surface area contributed by atoms with Gasteiger partial charge in [0.15, 0.2) is 0 Å². The zero-order chi connectivity index (χ0) is 17.1. The molecule has 2 amide bonds. The molecule has 0 unspecified atom stereocenters. The second-order valence-corrected chi connectivity index (χ2v) is 5.56. The molecule has 0 aliphatic heterocycles. The van der Waals surface area contributed by atoms with Crippen LogP contribution in [0.4, 0.5) is 5.69 Å². The van der Waals surface area contributed by atoms with Crippen LogP contribution in [0.5, 0.6) is 0 Å². The molecule has 0 aliphatic carbocycles. The Hall–Kier alpha value is -2.64. The first kappa shape index (κ1) is 16.7. The minimum absolute atomic E-state index is 0.0899. The number of amides is 2. The van der Waals surface area contributed by atoms with Crippen LogP contribution in [0.3, 0.4) is 0 Å². The predicted octanol–water partition coefficient (Wildman–Crippen LogP) is 1.06. The van der Waals surface area contributed by atoms with Crippen molar-refractivity contribution in [3.8, 4) is 0 Å². The third kappa shape index (κ3) is 3.58. The van der Waals surface area contributed by atoms with Crippen LogP contribution in [0, 0.1) is 13.8 Å². The number of aromatic nitrogens is 4. The summed E-state index contributed by atoms with van der Waals surface area (Å²) in [6.07, 6.45) is 1.50. The Balaban J connectivity index is 2.19. The first-order valence-corrected chi connectivity index (χ1v) is 7.41. The lowest BCUT2D eigenvalue weighted by Crippen LogP contribution is -2.27. The van der Waals surface area contributed by atoms with Gasteiger partial charge in [0.25, 0.3) is 5.91 Å². The van der Waals surface area contributed by atoms with Crippen molar-refractivity contribution in [2.75, 3.05) is 19.4 Å². The van der Waals surface area contributed by atoms with Gasteiger partial charge in [-0.05, 0) is 26.8 Å². The molecule has 0 radical (unpaired) electrons. The van der Waals surface area contributed by atoms with Crippen molar-refractivity contribution in [2.24, 2.45) is 0 Å². The third-order valence-electron chi connectivity index (χ3n) is 3.42. The van der Waals surface area contributed by atoms with E-state index < -0.39 is 0 Å². The summed E-state index contributed by atoms with van der Waals surface area (Å²) in [5.74, 6) is -0.453. The molecule has 1 N–H and O–H groups in total. The summed E-state index contributed by atoms with van der Waals surface area (Å²) in [6, 6.07) is 1.91. The first-order valence-electron chi connectivity index (χ1n) is 7.41. The number of nitrogens with one attached hydrogen (secondary N) is 1. The summed E-state index contributed by atoms with van der Waals surface area (Å²) in [7, 11) is 3.33. The van der Waals surface area contributed by atoms with Gasteiger partial charge in [-0.2, -0.15) is 10.2 Å². The van der Waals surface area contributed by atoms with Gasteiger partial charge in [0.05, 0.1) is 17.6 Å². The Morgan fingerprint density at radius 2 is 1.96 bits per heavy atom. The number of anilines is 1. The molecule has 0 atom stereocenters. The minimum Gasteiger partial charge on any atom is -0.343 e. The van der Waals surface area contributed by atoms with E-state index in [1.54, 1.807) is 23.5 Å². The first-order chi connectivity index (χ1) is 10.8. The molecule has 2 aromatic heterocycles. The smallest absolute Gasteiger partial charge is 0.273 e. The van der Waals surface area contributed by atoms with E-state index in [2.05, 4.69) is 15.5 Å². The van der Waals surface area contributed by atoms with Gasteiger partial charge in [-0.25, -0.2) is 0 Å². The lowest BCUT2D eigenvalue weighted by Gasteiger charge is -2.13. The number of rotatable bonds is 5. The van der Waals surface area contributed by atoms with Gasteiger partial charge in [0, 0.05) is 26.3 Å². The molecule has 8 nitrogen and oxygen atoms in total. The second kappa shape index (κ2) is 6.64. The normalized spacial score (nSPS) is 10.7. The van der Waals surface area contributed by atoms with Crippen LogP contribution in [-0.4, -0.2) is 50.4 Å². The lowest BCUT2D eigenvalue weighted by molar-refractivity contribution is -0.116. The number of hydrogen-bond acceptors (Lipinski definition) is 4. The van der Waals surface area contributed by atoms with Crippen LogP contribution in [-0.2, 0) is 17.9 Å². The molecule has 2 rings (SSSR count). The van der Waals surface area contributed by atoms with Crippen molar-refractivity contribution in [1.82, 2.24) is 24.5 Å². The molecule has 0 aliphatic rings. The fourth-order valence-electron chi connectivity index (χ4n) is 2.31. The molecule has 2 heterocycles. The number of aryl methyl sites for hydroxylation is 3. The van der Waals surface area contributed by atoms with E-state index >= 15 is 0 Å². The van der Waals surface area contributed by atoms with Crippen LogP contribution in [0.25, 0.3) is 0 Å². The largest absolute Gasteiger partial charge is 0.343 e. The van der Waals surface area contributed by atoms with E-state index in [-0.39, 0.29) is 18.4 Å². The van der Waals surface area contributed by atoms with Crippen LogP contribution in [0.1, 0.15) is 28.8 Å². The standard InChI is InChI=1S/C15H22N6O2/c1-6-20-14(15(23)19(4)5)12(8-16-20)17-13(22)9-21-11(3)7-10(2)18-21/h7-8H,6,9H2,1-5H3,(H,17,22). The second-order valence-electron chi connectivity index (χ2n) is 5.56. The summed E-state index contributed by atoms with van der Waals surface area (Å²) in [5, 5.41) is 11.2. The molecular weight excluding hydrogens is 296 g/mol. The molecule has 2 aromatic rings. The third-order valence-corrected chi connectivity index (χ3v) is 3.42. The predicted molar refractivity (Wildman–Crippen MR) is 86.2 cm³/mol. The Labute approximate surface area is 135 Å². The molecular formula is C15H22N6O2. The molecule has 0 bridgehead atoms. The fourth-order valence-corrected chi connectivity index (χ4v) is 2.31. The van der Waals surface area contributed by atoms with Crippen LogP contribution < -0.4 is 5.32 Å². The highest BCUT2D eigenvalue weighted by Gasteiger charge is 2.21. The number of carbonyl (C=O) groups excluding carboxylic acids is 2. The Morgan fingerprint density at radius 1 is 1.26 bits per heavy atom. The van der Waals surface area contributed by atoms with Crippen molar-refractivity contribution >= 4 is 17.5 Å². The van der Waals surface area contributed by atoms with E-state index in [0.29, 0.717) is 17.9 Å². The Bertz CT molecular complexity index is 728. The van der Waals surface area contributed by atoms with Crippen molar-refractivity contribution in [2.45, 2.75) is 33.9 Å². The van der Waals surface area contributed by atoms with Gasteiger partial charge < -0.3 is 10.2 Å². The van der Waals surface area contributed by atoms with E-state index in [4.69, 9.17) is 0 Å². The summed E-state index contributed by atoms with van der Waals surface area (Å²) < 4.78 is 3.20. The van der Waals surface area contributed by atoms with Crippen molar-refractivity contribution in [3.05, 3.63) is 29.3 Å². The summed E-state index contributed by atoms with van der Waals surface area (Å²) in [4.78, 5) is 26.0. The van der Waals surface area contributed by atoms with E-state index in [1.807, 2.05) is 26.8 Å². The summed E-state index contributed by atoms with van der Waals surface area (Å²) >= 11 is 0. The van der Waals surface area contributed by atoms with Gasteiger partial charge >= 0.3 is 0 Å². The highest BCUT2D eigenvalue weighted by molar-refractivity contribution is 6.02. The van der Waals surface area contributed by atoms with Crippen LogP contribution in [0.2, 0.25) is 0 Å². The molecule has 0 aromatic carbocycles. The van der Waals surface area contributed by atoms with Gasteiger partial charge in [0.2, 0.25) is 5.91 Å². The monoisotopic (exact) mass is 318 g/mol. The quantitative estimate of drug-likeness (QED) is 0.893. The van der Waals surface area contributed by atoms with Crippen molar-refractivity contribution in [3.63, 3.8) is 0 Å². The summed E-state index contributed by atoms with van der Waals surface area (Å²) in [6.45, 7) is 6.29. The maximum Gasteiger partial charge on any atom is 0.273 e. The van der Waals surface area contributed by atoms with Crippen LogP contribution in [0.15, 0.2) is 12.3 Å². The number of nitrogens with zero attached hydrogens (tertiary/aromatic N) is 5. The molecule has 124 valence electrons. The highest BCUT2D eigenvalue weighted by Crippen LogP contribution is 2.17. The maximum absolute atomic E-state index is 12.3. The Kier molecular flexibility index (Phi) is 4.83. The molecule has 0 fully saturated rings. The SMILES string of the molecule is CCn1ncc(NC(=O)Cn2nc(C)cc2C)c1C(=O)N(C)C. The van der Waals surface area contributed by atoms with Gasteiger partial charge in [-0.15, -0.1) is 0 Å². The van der Waals surface area contributed by atoms with E-state index in [1.165, 1.54) is 11.1 Å². The van der Waals surface area contributed by atoms with Gasteiger partial charge in [0.1, 0.15) is 12.2 Å². The Morgan fingerprint density at radius 3 is 2.48 bits per heavy atom. The average molecular weight is 318 g/mol. The molecule has 8 heteroatoms. The molecule has 0 saturated carbocycles. The topological polar surface area (TPSA) is 85.0 Å². The zero-order valence-corrected chi connectivity index (χ0v) is 14.1. The average Bonchev–Trinajstić information content (AvgIpc) is 3.01. The number of carbonyl (C=O) groups is 2. The maximum atomic E-state index is 12.3. The van der Waals surface area contributed by atoms with Crippen molar-refractivity contribution in [1.29, 1.82) is 0 Å². The minimum atomic E-state index is -0.250. The van der Waals surface area contributed by atoms with Gasteiger partial charge in [-0.3, -0.25) is 19.0 Å². The van der Waals surface area contributed by atoms with E-state index in [9.17, 15) is 9.59 Å². The molecule has 0 spiro atoms. The van der Waals surface area contributed by atoms with Crippen LogP contribution >= 0.6 is 0 Å². The van der Waals surface area contributed by atoms with Gasteiger partial charge in [-0.1, -0.05) is 0 Å².